The van der Waals surface area contributed by atoms with Gasteiger partial charge in [-0.05, 0) is 96.0 Å². The molecule has 0 saturated heterocycles. The summed E-state index contributed by atoms with van der Waals surface area (Å²) < 4.78 is 6.26. The van der Waals surface area contributed by atoms with Crippen LogP contribution >= 0.6 is 0 Å². The van der Waals surface area contributed by atoms with Crippen LogP contribution < -0.4 is 0 Å². The second-order valence-corrected chi connectivity index (χ2v) is 15.6. The molecule has 0 amide bonds. The van der Waals surface area contributed by atoms with E-state index in [1.807, 2.05) is 24.3 Å². The molecule has 10 aromatic carbocycles. The van der Waals surface area contributed by atoms with Crippen molar-refractivity contribution in [3.05, 3.63) is 212 Å². The first-order chi connectivity index (χ1) is 30.2. The number of hydrogen-bond donors (Lipinski definition) is 0. The number of aromatic nitrogens is 3. The molecule has 0 unspecified atom stereocenters. The standard InChI is InChI=1S/C57H35N3O/c1-2-11-36(12-3-1)37-21-25-40(26-22-37)55-58-56(60-57(59-55)45-16-10-15-42(33-45)43-30-31-49-48-19-8-9-20-52(48)61-53(49)35-43)41-27-23-39(24-28-41)54-47-18-7-5-14-44(47)34-51-46-17-6-4-13-38(46)29-32-50(51)54/h1-35H. The minimum absolute atomic E-state index is 0.606. The highest BCUT2D eigenvalue weighted by Gasteiger charge is 2.17. The van der Waals surface area contributed by atoms with Crippen LogP contribution in [0.2, 0.25) is 0 Å². The van der Waals surface area contributed by atoms with Crippen LogP contribution in [0.4, 0.5) is 0 Å². The maximum absolute atomic E-state index is 6.26. The molecule has 0 N–H and O–H groups in total. The fourth-order valence-electron chi connectivity index (χ4n) is 8.87. The van der Waals surface area contributed by atoms with Crippen LogP contribution in [0.3, 0.4) is 0 Å². The van der Waals surface area contributed by atoms with Gasteiger partial charge in [0.2, 0.25) is 0 Å². The van der Waals surface area contributed by atoms with Gasteiger partial charge in [-0.2, -0.15) is 0 Å². The Morgan fingerprint density at radius 3 is 1.52 bits per heavy atom. The molecule has 61 heavy (non-hydrogen) atoms. The fraction of sp³-hybridized carbons (Fsp3) is 0. The van der Waals surface area contributed by atoms with Gasteiger partial charge >= 0.3 is 0 Å². The molecule has 0 aliphatic carbocycles. The predicted molar refractivity (Wildman–Crippen MR) is 252 cm³/mol. The van der Waals surface area contributed by atoms with E-state index in [-0.39, 0.29) is 0 Å². The normalized spacial score (nSPS) is 11.6. The van der Waals surface area contributed by atoms with Crippen LogP contribution in [0.5, 0.6) is 0 Å². The number of hydrogen-bond acceptors (Lipinski definition) is 4. The van der Waals surface area contributed by atoms with E-state index in [0.717, 1.165) is 66.4 Å². The van der Waals surface area contributed by atoms with Gasteiger partial charge in [-0.25, -0.2) is 15.0 Å². The highest BCUT2D eigenvalue weighted by Crippen LogP contribution is 2.40. The number of rotatable bonds is 6. The van der Waals surface area contributed by atoms with Crippen LogP contribution in [0.15, 0.2) is 217 Å². The molecule has 12 aromatic rings. The quantitative estimate of drug-likeness (QED) is 0.125. The second kappa shape index (κ2) is 14.3. The van der Waals surface area contributed by atoms with Gasteiger partial charge in [0.15, 0.2) is 17.5 Å². The van der Waals surface area contributed by atoms with Gasteiger partial charge in [0.05, 0.1) is 0 Å². The van der Waals surface area contributed by atoms with Gasteiger partial charge < -0.3 is 4.42 Å². The van der Waals surface area contributed by atoms with Crippen LogP contribution in [-0.2, 0) is 0 Å². The van der Waals surface area contributed by atoms with Crippen molar-refractivity contribution in [2.45, 2.75) is 0 Å². The van der Waals surface area contributed by atoms with Crippen molar-refractivity contribution in [3.8, 4) is 67.5 Å². The molecule has 0 saturated carbocycles. The summed E-state index contributed by atoms with van der Waals surface area (Å²) in [6.45, 7) is 0. The SMILES string of the molecule is c1ccc(-c2ccc(-c3nc(-c4ccc(-c5c6ccccc6cc6c5ccc5ccccc56)cc4)nc(-c4cccc(-c5ccc6c(c5)oc5ccccc56)c4)n3)cc2)cc1. The molecule has 284 valence electrons. The van der Waals surface area contributed by atoms with Crippen molar-refractivity contribution in [2.75, 3.05) is 0 Å². The molecule has 0 radical (unpaired) electrons. The summed E-state index contributed by atoms with van der Waals surface area (Å²) in [4.78, 5) is 15.4. The molecule has 2 heterocycles. The monoisotopic (exact) mass is 777 g/mol. The number of para-hydroxylation sites is 1. The maximum Gasteiger partial charge on any atom is 0.164 e. The largest absolute Gasteiger partial charge is 0.456 e. The summed E-state index contributed by atoms with van der Waals surface area (Å²) in [7, 11) is 0. The lowest BCUT2D eigenvalue weighted by Crippen LogP contribution is -2.00. The summed E-state index contributed by atoms with van der Waals surface area (Å²) in [6, 6.07) is 74.7. The molecule has 12 rings (SSSR count). The van der Waals surface area contributed by atoms with Crippen molar-refractivity contribution >= 4 is 54.3 Å². The molecule has 0 bridgehead atoms. The topological polar surface area (TPSA) is 51.8 Å². The molecule has 0 fully saturated rings. The summed E-state index contributed by atoms with van der Waals surface area (Å²) in [6.07, 6.45) is 0. The molecule has 0 aliphatic heterocycles. The fourth-order valence-corrected chi connectivity index (χ4v) is 8.87. The summed E-state index contributed by atoms with van der Waals surface area (Å²) in [5, 5.41) is 9.64. The maximum atomic E-state index is 6.26. The third-order valence-corrected chi connectivity index (χ3v) is 11.9. The van der Waals surface area contributed by atoms with Gasteiger partial charge in [0, 0.05) is 27.5 Å². The average molecular weight is 778 g/mol. The van der Waals surface area contributed by atoms with E-state index in [0.29, 0.717) is 17.5 Å². The summed E-state index contributed by atoms with van der Waals surface area (Å²) in [5.74, 6) is 1.83. The predicted octanol–water partition coefficient (Wildman–Crippen LogP) is 15.2. The third-order valence-electron chi connectivity index (χ3n) is 11.9. The zero-order valence-corrected chi connectivity index (χ0v) is 33.0. The minimum atomic E-state index is 0.606. The Morgan fingerprint density at radius 1 is 0.246 bits per heavy atom. The van der Waals surface area contributed by atoms with Crippen molar-refractivity contribution in [3.63, 3.8) is 0 Å². The highest BCUT2D eigenvalue weighted by molar-refractivity contribution is 6.20. The van der Waals surface area contributed by atoms with Crippen molar-refractivity contribution < 1.29 is 4.42 Å². The molecule has 0 spiro atoms. The zero-order valence-electron chi connectivity index (χ0n) is 33.0. The van der Waals surface area contributed by atoms with E-state index in [1.165, 1.54) is 37.9 Å². The van der Waals surface area contributed by atoms with E-state index >= 15 is 0 Å². The molecule has 0 aliphatic rings. The van der Waals surface area contributed by atoms with E-state index in [9.17, 15) is 0 Å². The van der Waals surface area contributed by atoms with E-state index in [4.69, 9.17) is 19.4 Å². The molecule has 0 atom stereocenters. The molecule has 2 aromatic heterocycles. The number of fused-ring (bicyclic) bond motifs is 7. The first kappa shape index (κ1) is 34.8. The lowest BCUT2D eigenvalue weighted by Gasteiger charge is -2.14. The van der Waals surface area contributed by atoms with Crippen LogP contribution in [0, 0.1) is 0 Å². The zero-order chi connectivity index (χ0) is 40.3. The van der Waals surface area contributed by atoms with Crippen molar-refractivity contribution in [1.29, 1.82) is 0 Å². The third kappa shape index (κ3) is 6.12. The van der Waals surface area contributed by atoms with Gasteiger partial charge in [-0.3, -0.25) is 0 Å². The van der Waals surface area contributed by atoms with Gasteiger partial charge in [0.25, 0.3) is 0 Å². The number of furan rings is 1. The smallest absolute Gasteiger partial charge is 0.164 e. The van der Waals surface area contributed by atoms with Crippen LogP contribution in [-0.4, -0.2) is 15.0 Å². The summed E-state index contributed by atoms with van der Waals surface area (Å²) in [5.41, 5.74) is 11.3. The molecule has 4 nitrogen and oxygen atoms in total. The molecule has 4 heteroatoms. The Hall–Kier alpha value is -8.21. The average Bonchev–Trinajstić information content (AvgIpc) is 3.71. The van der Waals surface area contributed by atoms with E-state index in [1.54, 1.807) is 0 Å². The summed E-state index contributed by atoms with van der Waals surface area (Å²) >= 11 is 0. The Kier molecular flexibility index (Phi) is 8.13. The van der Waals surface area contributed by atoms with Crippen molar-refractivity contribution in [2.24, 2.45) is 0 Å². The number of nitrogens with zero attached hydrogens (tertiary/aromatic N) is 3. The van der Waals surface area contributed by atoms with Crippen LogP contribution in [0.1, 0.15) is 0 Å². The van der Waals surface area contributed by atoms with Gasteiger partial charge in [-0.15, -0.1) is 0 Å². The highest BCUT2D eigenvalue weighted by atomic mass is 16.3. The lowest BCUT2D eigenvalue weighted by atomic mass is 9.89. The van der Waals surface area contributed by atoms with Crippen LogP contribution in [0.25, 0.3) is 122 Å². The molecular formula is C57H35N3O. The molecular weight excluding hydrogens is 743 g/mol. The first-order valence-corrected chi connectivity index (χ1v) is 20.6. The number of benzene rings is 10. The Balaban J connectivity index is 0.978. The Bertz CT molecular complexity index is 3630. The lowest BCUT2D eigenvalue weighted by molar-refractivity contribution is 0.669. The minimum Gasteiger partial charge on any atom is -0.456 e. The Morgan fingerprint density at radius 2 is 0.754 bits per heavy atom. The Labute approximate surface area is 352 Å². The van der Waals surface area contributed by atoms with E-state index < -0.39 is 0 Å². The van der Waals surface area contributed by atoms with Gasteiger partial charge in [-0.1, -0.05) is 182 Å². The van der Waals surface area contributed by atoms with Gasteiger partial charge in [0.1, 0.15) is 11.2 Å². The van der Waals surface area contributed by atoms with Crippen molar-refractivity contribution in [1.82, 2.24) is 15.0 Å². The first-order valence-electron chi connectivity index (χ1n) is 20.6. The van der Waals surface area contributed by atoms with E-state index in [2.05, 4.69) is 188 Å². The second-order valence-electron chi connectivity index (χ2n) is 15.6.